The Bertz CT molecular complexity index is 832. The van der Waals surface area contributed by atoms with Crippen molar-refractivity contribution >= 4 is 12.4 Å². The minimum absolute atomic E-state index is 0.0793. The number of ether oxygens (including phenoxy) is 4. The van der Waals surface area contributed by atoms with Crippen LogP contribution in [0.25, 0.3) is 0 Å². The van der Waals surface area contributed by atoms with Gasteiger partial charge in [0.05, 0.1) is 12.6 Å². The molecule has 0 unspecified atom stereocenters. The Kier molecular flexibility index (Phi) is 4.24. The van der Waals surface area contributed by atoms with E-state index in [4.69, 9.17) is 18.9 Å². The van der Waals surface area contributed by atoms with Gasteiger partial charge in [0, 0.05) is 12.4 Å². The van der Waals surface area contributed by atoms with Crippen LogP contribution in [0.2, 0.25) is 0 Å². The molecule has 0 fully saturated rings. The van der Waals surface area contributed by atoms with Crippen LogP contribution in [0.4, 0.5) is 0 Å². The molecule has 128 valence electrons. The summed E-state index contributed by atoms with van der Waals surface area (Å²) in [5, 5.41) is 0. The van der Waals surface area contributed by atoms with Crippen LogP contribution in [0.5, 0.6) is 23.0 Å². The van der Waals surface area contributed by atoms with Crippen LogP contribution in [0, 0.1) is 0 Å². The number of nitrogens with zero attached hydrogens (tertiary/aromatic N) is 2. The minimum Gasteiger partial charge on any atom is -0.454 e. The van der Waals surface area contributed by atoms with Gasteiger partial charge in [-0.15, -0.1) is 0 Å². The van der Waals surface area contributed by atoms with E-state index in [1.807, 2.05) is 55.8 Å². The van der Waals surface area contributed by atoms with Crippen molar-refractivity contribution in [3.8, 4) is 23.0 Å². The predicted octanol–water partition coefficient (Wildman–Crippen LogP) is 3.07. The molecule has 25 heavy (non-hydrogen) atoms. The van der Waals surface area contributed by atoms with Gasteiger partial charge in [0.15, 0.2) is 23.0 Å². The Hall–Kier alpha value is -3.02. The summed E-state index contributed by atoms with van der Waals surface area (Å²) < 4.78 is 21.3. The van der Waals surface area contributed by atoms with E-state index in [0.717, 1.165) is 34.1 Å². The summed E-state index contributed by atoms with van der Waals surface area (Å²) in [5.41, 5.74) is 1.96. The first kappa shape index (κ1) is 15.5. The number of rotatable bonds is 5. The molecule has 6 nitrogen and oxygen atoms in total. The molecule has 2 aromatic rings. The molecule has 6 heteroatoms. The Morgan fingerprint density at radius 1 is 0.840 bits per heavy atom. The largest absolute Gasteiger partial charge is 0.454 e. The smallest absolute Gasteiger partial charge is 0.231 e. The van der Waals surface area contributed by atoms with Gasteiger partial charge in [-0.2, -0.15) is 0 Å². The Balaban J connectivity index is 1.33. The van der Waals surface area contributed by atoms with Gasteiger partial charge in [-0.05, 0) is 54.4 Å². The molecule has 1 atom stereocenters. The van der Waals surface area contributed by atoms with Crippen LogP contribution >= 0.6 is 0 Å². The van der Waals surface area contributed by atoms with Crippen LogP contribution in [0.15, 0.2) is 46.4 Å². The van der Waals surface area contributed by atoms with E-state index in [9.17, 15) is 0 Å². The third kappa shape index (κ3) is 3.57. The lowest BCUT2D eigenvalue weighted by atomic mass is 10.2. The molecule has 0 aliphatic carbocycles. The van der Waals surface area contributed by atoms with Crippen molar-refractivity contribution in [2.45, 2.75) is 13.0 Å². The molecule has 0 amide bonds. The predicted molar refractivity (Wildman–Crippen MR) is 94.6 cm³/mol. The highest BCUT2D eigenvalue weighted by Crippen LogP contribution is 2.32. The second kappa shape index (κ2) is 6.84. The number of hydrogen-bond acceptors (Lipinski definition) is 6. The average Bonchev–Trinajstić information content (AvgIpc) is 3.28. The number of aliphatic imine (C=N–C) groups is 2. The summed E-state index contributed by atoms with van der Waals surface area (Å²) in [6.07, 6.45) is 3.66. The van der Waals surface area contributed by atoms with Gasteiger partial charge in [0.1, 0.15) is 0 Å². The lowest BCUT2D eigenvalue weighted by Crippen LogP contribution is -2.03. The first-order valence-electron chi connectivity index (χ1n) is 8.10. The summed E-state index contributed by atoms with van der Waals surface area (Å²) >= 11 is 0. The van der Waals surface area contributed by atoms with Gasteiger partial charge in [0.2, 0.25) is 13.6 Å². The Morgan fingerprint density at radius 3 is 2.04 bits per heavy atom. The standard InChI is InChI=1S/C19H18N2O4/c1-13(21-10-15-3-5-17-19(7-15)25-12-23-17)8-20-9-14-2-4-16-18(6-14)24-11-22-16/h2-7,9-10,13H,8,11-12H2,1H3/t13-/m0/s1. The van der Waals surface area contributed by atoms with Crippen molar-refractivity contribution in [3.63, 3.8) is 0 Å². The highest BCUT2D eigenvalue weighted by molar-refractivity contribution is 5.82. The molecule has 0 bridgehead atoms. The zero-order chi connectivity index (χ0) is 17.1. The topological polar surface area (TPSA) is 61.6 Å². The number of benzene rings is 2. The van der Waals surface area contributed by atoms with Crippen molar-refractivity contribution in [1.82, 2.24) is 0 Å². The molecule has 0 N–H and O–H groups in total. The van der Waals surface area contributed by atoms with Gasteiger partial charge in [-0.1, -0.05) is 0 Å². The lowest BCUT2D eigenvalue weighted by molar-refractivity contribution is 0.173. The fraction of sp³-hybridized carbons (Fsp3) is 0.263. The molecule has 2 heterocycles. The van der Waals surface area contributed by atoms with E-state index >= 15 is 0 Å². The highest BCUT2D eigenvalue weighted by Gasteiger charge is 2.13. The van der Waals surface area contributed by atoms with Crippen LogP contribution in [-0.4, -0.2) is 38.6 Å². The Labute approximate surface area is 145 Å². The van der Waals surface area contributed by atoms with Gasteiger partial charge in [-0.25, -0.2) is 0 Å². The van der Waals surface area contributed by atoms with Gasteiger partial charge in [0.25, 0.3) is 0 Å². The summed E-state index contributed by atoms with van der Waals surface area (Å²) in [6, 6.07) is 11.6. The van der Waals surface area contributed by atoms with E-state index < -0.39 is 0 Å². The molecular weight excluding hydrogens is 320 g/mol. The first-order valence-corrected chi connectivity index (χ1v) is 8.10. The Morgan fingerprint density at radius 2 is 1.40 bits per heavy atom. The van der Waals surface area contributed by atoms with Gasteiger partial charge < -0.3 is 18.9 Å². The quantitative estimate of drug-likeness (QED) is 0.786. The normalized spacial score (nSPS) is 16.0. The average molecular weight is 338 g/mol. The van der Waals surface area contributed by atoms with Crippen LogP contribution < -0.4 is 18.9 Å². The number of hydrogen-bond donors (Lipinski definition) is 0. The van der Waals surface area contributed by atoms with Crippen molar-refractivity contribution in [1.29, 1.82) is 0 Å². The zero-order valence-corrected chi connectivity index (χ0v) is 13.8. The van der Waals surface area contributed by atoms with Crippen molar-refractivity contribution < 1.29 is 18.9 Å². The molecule has 2 aliphatic rings. The summed E-state index contributed by atoms with van der Waals surface area (Å²) in [5.74, 6) is 3.08. The fourth-order valence-corrected chi connectivity index (χ4v) is 2.56. The maximum absolute atomic E-state index is 5.36. The molecular formula is C19H18N2O4. The second-order valence-corrected chi connectivity index (χ2v) is 5.85. The monoisotopic (exact) mass is 338 g/mol. The van der Waals surface area contributed by atoms with Gasteiger partial charge >= 0.3 is 0 Å². The maximum Gasteiger partial charge on any atom is 0.231 e. The molecule has 0 aromatic heterocycles. The van der Waals surface area contributed by atoms with Gasteiger partial charge in [-0.3, -0.25) is 9.98 Å². The zero-order valence-electron chi connectivity index (χ0n) is 13.8. The van der Waals surface area contributed by atoms with Crippen LogP contribution in [-0.2, 0) is 0 Å². The molecule has 0 saturated carbocycles. The van der Waals surface area contributed by atoms with E-state index in [-0.39, 0.29) is 19.6 Å². The van der Waals surface area contributed by atoms with E-state index in [2.05, 4.69) is 9.98 Å². The van der Waals surface area contributed by atoms with Crippen molar-refractivity contribution in [2.24, 2.45) is 9.98 Å². The molecule has 2 aliphatic heterocycles. The van der Waals surface area contributed by atoms with Crippen LogP contribution in [0.1, 0.15) is 18.1 Å². The van der Waals surface area contributed by atoms with E-state index in [1.54, 1.807) is 0 Å². The highest BCUT2D eigenvalue weighted by atomic mass is 16.7. The van der Waals surface area contributed by atoms with Crippen LogP contribution in [0.3, 0.4) is 0 Å². The summed E-state index contributed by atoms with van der Waals surface area (Å²) in [6.45, 7) is 3.19. The third-order valence-electron chi connectivity index (χ3n) is 3.88. The van der Waals surface area contributed by atoms with E-state index in [0.29, 0.717) is 6.54 Å². The summed E-state index contributed by atoms with van der Waals surface area (Å²) in [4.78, 5) is 8.99. The number of fused-ring (bicyclic) bond motifs is 2. The molecule has 0 saturated heterocycles. The molecule has 2 aromatic carbocycles. The third-order valence-corrected chi connectivity index (χ3v) is 3.88. The molecule has 4 rings (SSSR count). The molecule has 0 radical (unpaired) electrons. The van der Waals surface area contributed by atoms with E-state index in [1.165, 1.54) is 0 Å². The second-order valence-electron chi connectivity index (χ2n) is 5.85. The maximum atomic E-state index is 5.36. The molecule has 0 spiro atoms. The lowest BCUT2D eigenvalue weighted by Gasteiger charge is -2.02. The SMILES string of the molecule is C[C@@H](CN=Cc1ccc2c(c1)OCO2)N=Cc1ccc2c(c1)OCO2. The first-order chi connectivity index (χ1) is 12.3. The summed E-state index contributed by atoms with van der Waals surface area (Å²) in [7, 11) is 0. The van der Waals surface area contributed by atoms with Crippen molar-refractivity contribution in [2.75, 3.05) is 20.1 Å². The van der Waals surface area contributed by atoms with Crippen molar-refractivity contribution in [3.05, 3.63) is 47.5 Å². The fourth-order valence-electron chi connectivity index (χ4n) is 2.56. The minimum atomic E-state index is 0.0793.